The second-order valence-corrected chi connectivity index (χ2v) is 7.20. The van der Waals surface area contributed by atoms with Gasteiger partial charge in [-0.15, -0.1) is 11.3 Å². The lowest BCUT2D eigenvalue weighted by atomic mass is 10.1. The fourth-order valence-electron chi connectivity index (χ4n) is 2.81. The quantitative estimate of drug-likeness (QED) is 0.541. The molecular formula is C22H14FN3OS. The minimum absolute atomic E-state index is 0.0786. The van der Waals surface area contributed by atoms with Crippen molar-refractivity contribution < 1.29 is 9.18 Å². The number of amides is 1. The van der Waals surface area contributed by atoms with Crippen LogP contribution < -0.4 is 5.32 Å². The van der Waals surface area contributed by atoms with Gasteiger partial charge in [0, 0.05) is 12.1 Å². The van der Waals surface area contributed by atoms with Crippen LogP contribution in [0.4, 0.5) is 4.39 Å². The average Bonchev–Trinajstić information content (AvgIpc) is 3.16. The van der Waals surface area contributed by atoms with Crippen molar-refractivity contribution in [1.82, 2.24) is 10.3 Å². The number of para-hydroxylation sites is 1. The molecule has 4 aromatic rings. The van der Waals surface area contributed by atoms with E-state index >= 15 is 0 Å². The van der Waals surface area contributed by atoms with Crippen LogP contribution >= 0.6 is 11.3 Å². The molecular weight excluding hydrogens is 373 g/mol. The molecule has 6 heteroatoms. The van der Waals surface area contributed by atoms with E-state index in [0.29, 0.717) is 0 Å². The van der Waals surface area contributed by atoms with E-state index in [-0.39, 0.29) is 17.7 Å². The first-order valence-electron chi connectivity index (χ1n) is 8.57. The predicted octanol–water partition coefficient (Wildman–Crippen LogP) is 4.90. The van der Waals surface area contributed by atoms with Gasteiger partial charge in [0.05, 0.1) is 27.4 Å². The number of aromatic nitrogens is 1. The fraction of sp³-hybridized carbons (Fsp3) is 0.0455. The molecule has 0 aliphatic carbocycles. The number of rotatable bonds is 4. The fourth-order valence-corrected chi connectivity index (χ4v) is 3.78. The summed E-state index contributed by atoms with van der Waals surface area (Å²) in [6.07, 6.45) is 0. The summed E-state index contributed by atoms with van der Waals surface area (Å²) in [5.74, 6) is -1.22. The summed E-state index contributed by atoms with van der Waals surface area (Å²) in [6, 6.07) is 21.4. The van der Waals surface area contributed by atoms with Crippen LogP contribution in [0.2, 0.25) is 0 Å². The van der Waals surface area contributed by atoms with Gasteiger partial charge in [0.2, 0.25) is 0 Å². The average molecular weight is 387 g/mol. The van der Waals surface area contributed by atoms with Gasteiger partial charge in [-0.2, -0.15) is 5.26 Å². The number of halogens is 1. The maximum absolute atomic E-state index is 13.9. The highest BCUT2D eigenvalue weighted by Gasteiger charge is 2.12. The molecule has 4 nitrogen and oxygen atoms in total. The third kappa shape index (κ3) is 3.61. The molecule has 0 fully saturated rings. The van der Waals surface area contributed by atoms with Crippen molar-refractivity contribution >= 4 is 27.5 Å². The predicted molar refractivity (Wildman–Crippen MR) is 107 cm³/mol. The number of hydrogen-bond donors (Lipinski definition) is 1. The van der Waals surface area contributed by atoms with E-state index in [1.807, 2.05) is 54.6 Å². The van der Waals surface area contributed by atoms with Crippen LogP contribution in [0.15, 0.2) is 66.7 Å². The molecule has 0 radical (unpaired) electrons. The van der Waals surface area contributed by atoms with Gasteiger partial charge in [0.15, 0.2) is 0 Å². The zero-order valence-electron chi connectivity index (χ0n) is 14.6. The molecule has 3 aromatic carbocycles. The number of nitrogens with one attached hydrogen (secondary N) is 1. The van der Waals surface area contributed by atoms with Crippen molar-refractivity contribution in [3.8, 4) is 16.6 Å². The first kappa shape index (κ1) is 17.8. The normalized spacial score (nSPS) is 10.6. The number of thiazole rings is 1. The Morgan fingerprint density at radius 2 is 1.89 bits per heavy atom. The maximum atomic E-state index is 13.9. The van der Waals surface area contributed by atoms with Crippen molar-refractivity contribution in [2.45, 2.75) is 6.54 Å². The van der Waals surface area contributed by atoms with E-state index in [9.17, 15) is 9.18 Å². The van der Waals surface area contributed by atoms with Gasteiger partial charge in [0.25, 0.3) is 5.91 Å². The van der Waals surface area contributed by atoms with Gasteiger partial charge >= 0.3 is 0 Å². The van der Waals surface area contributed by atoms with Gasteiger partial charge in [-0.05, 0) is 35.9 Å². The zero-order valence-corrected chi connectivity index (χ0v) is 15.5. The van der Waals surface area contributed by atoms with Crippen LogP contribution in [0, 0.1) is 17.1 Å². The Morgan fingerprint density at radius 1 is 1.11 bits per heavy atom. The van der Waals surface area contributed by atoms with E-state index in [4.69, 9.17) is 5.26 Å². The van der Waals surface area contributed by atoms with Crippen molar-refractivity contribution in [2.75, 3.05) is 0 Å². The summed E-state index contributed by atoms with van der Waals surface area (Å²) in [6.45, 7) is 0.276. The van der Waals surface area contributed by atoms with Gasteiger partial charge in [-0.1, -0.05) is 36.4 Å². The molecule has 0 spiro atoms. The van der Waals surface area contributed by atoms with Crippen molar-refractivity contribution in [2.24, 2.45) is 0 Å². The van der Waals surface area contributed by atoms with Gasteiger partial charge < -0.3 is 5.32 Å². The molecule has 1 N–H and O–H groups in total. The number of hydrogen-bond acceptors (Lipinski definition) is 4. The number of carbonyl (C=O) groups is 1. The highest BCUT2D eigenvalue weighted by molar-refractivity contribution is 7.21. The van der Waals surface area contributed by atoms with E-state index in [1.165, 1.54) is 12.1 Å². The lowest BCUT2D eigenvalue weighted by molar-refractivity contribution is 0.0947. The first-order chi connectivity index (χ1) is 13.6. The van der Waals surface area contributed by atoms with E-state index in [1.54, 1.807) is 11.3 Å². The number of nitrogens with zero attached hydrogens (tertiary/aromatic N) is 2. The Kier molecular flexibility index (Phi) is 4.83. The zero-order chi connectivity index (χ0) is 19.5. The largest absolute Gasteiger partial charge is 0.348 e. The summed E-state index contributed by atoms with van der Waals surface area (Å²) < 4.78 is 15.1. The summed E-state index contributed by atoms with van der Waals surface area (Å²) in [4.78, 5) is 16.8. The van der Waals surface area contributed by atoms with Crippen LogP contribution in [0.25, 0.3) is 20.8 Å². The molecule has 136 valence electrons. The molecule has 1 aromatic heterocycles. The molecule has 0 aliphatic rings. The topological polar surface area (TPSA) is 65.8 Å². The SMILES string of the molecule is N#Cc1ccc(C(=O)NCc2ccc(-c3nc4ccccc4s3)cc2)c(F)c1. The third-order valence-electron chi connectivity index (χ3n) is 4.29. The van der Waals surface area contributed by atoms with E-state index < -0.39 is 11.7 Å². The Hall–Kier alpha value is -3.56. The van der Waals surface area contributed by atoms with E-state index in [0.717, 1.165) is 32.4 Å². The highest BCUT2D eigenvalue weighted by Crippen LogP contribution is 2.30. The van der Waals surface area contributed by atoms with Crippen LogP contribution in [0.3, 0.4) is 0 Å². The van der Waals surface area contributed by atoms with Gasteiger partial charge in [-0.25, -0.2) is 9.37 Å². The molecule has 0 unspecified atom stereocenters. The second-order valence-electron chi connectivity index (χ2n) is 6.17. The molecule has 0 bridgehead atoms. The molecule has 0 saturated heterocycles. The molecule has 4 rings (SSSR count). The van der Waals surface area contributed by atoms with Crippen LogP contribution in [0.1, 0.15) is 21.5 Å². The summed E-state index contributed by atoms with van der Waals surface area (Å²) in [5, 5.41) is 12.4. The summed E-state index contributed by atoms with van der Waals surface area (Å²) in [5.41, 5.74) is 2.98. The minimum Gasteiger partial charge on any atom is -0.348 e. The van der Waals surface area contributed by atoms with Gasteiger partial charge in [0.1, 0.15) is 10.8 Å². The smallest absolute Gasteiger partial charge is 0.254 e. The third-order valence-corrected chi connectivity index (χ3v) is 5.38. The highest BCUT2D eigenvalue weighted by atomic mass is 32.1. The lowest BCUT2D eigenvalue weighted by Gasteiger charge is -2.07. The van der Waals surface area contributed by atoms with E-state index in [2.05, 4.69) is 10.3 Å². The monoisotopic (exact) mass is 387 g/mol. The number of fused-ring (bicyclic) bond motifs is 1. The molecule has 1 heterocycles. The Labute approximate surface area is 164 Å². The maximum Gasteiger partial charge on any atom is 0.254 e. The molecule has 0 aliphatic heterocycles. The molecule has 0 atom stereocenters. The Balaban J connectivity index is 1.45. The molecule has 28 heavy (non-hydrogen) atoms. The van der Waals surface area contributed by atoms with Gasteiger partial charge in [-0.3, -0.25) is 4.79 Å². The molecule has 0 saturated carbocycles. The second kappa shape index (κ2) is 7.59. The van der Waals surface area contributed by atoms with Crippen LogP contribution in [-0.2, 0) is 6.54 Å². The number of benzene rings is 3. The van der Waals surface area contributed by atoms with Crippen molar-refractivity contribution in [3.63, 3.8) is 0 Å². The Bertz CT molecular complexity index is 1180. The molecule has 1 amide bonds. The Morgan fingerprint density at radius 3 is 2.61 bits per heavy atom. The number of carbonyl (C=O) groups excluding carboxylic acids is 1. The standard InChI is InChI=1S/C22H14FN3OS/c23-18-11-15(12-24)7-10-17(18)21(27)25-13-14-5-8-16(9-6-14)22-26-19-3-1-2-4-20(19)28-22/h1-11H,13H2,(H,25,27). The summed E-state index contributed by atoms with van der Waals surface area (Å²) >= 11 is 1.63. The van der Waals surface area contributed by atoms with Crippen LogP contribution in [-0.4, -0.2) is 10.9 Å². The first-order valence-corrected chi connectivity index (χ1v) is 9.38. The summed E-state index contributed by atoms with van der Waals surface area (Å²) in [7, 11) is 0. The van der Waals surface area contributed by atoms with Crippen molar-refractivity contribution in [3.05, 3.63) is 89.2 Å². The van der Waals surface area contributed by atoms with Crippen molar-refractivity contribution in [1.29, 1.82) is 5.26 Å². The van der Waals surface area contributed by atoms with Crippen LogP contribution in [0.5, 0.6) is 0 Å². The minimum atomic E-state index is -0.706. The lowest BCUT2D eigenvalue weighted by Crippen LogP contribution is -2.23. The number of nitriles is 1.